The molecule has 4 heterocycles. The Labute approximate surface area is 138 Å². The Morgan fingerprint density at radius 1 is 1.30 bits per heavy atom. The van der Waals surface area contributed by atoms with Crippen LogP contribution in [0, 0.1) is 6.92 Å². The number of aryl methyl sites for hydroxylation is 2. The van der Waals surface area contributed by atoms with E-state index < -0.39 is 0 Å². The fourth-order valence-electron chi connectivity index (χ4n) is 3.44. The summed E-state index contributed by atoms with van der Waals surface area (Å²) in [6.45, 7) is 5.59. The molecule has 124 valence electrons. The summed E-state index contributed by atoms with van der Waals surface area (Å²) in [7, 11) is 1.92. The summed E-state index contributed by atoms with van der Waals surface area (Å²) in [4.78, 5) is 21.7. The van der Waals surface area contributed by atoms with Gasteiger partial charge in [-0.1, -0.05) is 11.3 Å². The number of hydrogen-bond donors (Lipinski definition) is 0. The van der Waals surface area contributed by atoms with Crippen molar-refractivity contribution in [2.75, 3.05) is 37.7 Å². The van der Waals surface area contributed by atoms with E-state index in [1.165, 1.54) is 0 Å². The van der Waals surface area contributed by atoms with E-state index in [0.29, 0.717) is 26.3 Å². The lowest BCUT2D eigenvalue weighted by Gasteiger charge is -2.32. The molecule has 4 rings (SSSR count). The van der Waals surface area contributed by atoms with E-state index in [4.69, 9.17) is 9.72 Å². The molecule has 0 N–H and O–H groups in total. The molecular weight excluding hydrogens is 314 g/mol. The Kier molecular flexibility index (Phi) is 3.73. The standard InChI is InChI=1S/C15H21N5O2S/c1-10-12-13(18(2)17-10)16-15(23-12)20-5-3-4-11(20)14(21)19-6-8-22-9-7-19/h11H,3-9H2,1-2H3. The number of fused-ring (bicyclic) bond motifs is 1. The van der Waals surface area contributed by atoms with E-state index in [2.05, 4.69) is 10.00 Å². The molecule has 2 aromatic rings. The fourth-order valence-corrected chi connectivity index (χ4v) is 4.55. The summed E-state index contributed by atoms with van der Waals surface area (Å²) < 4.78 is 8.29. The Morgan fingerprint density at radius 2 is 2.09 bits per heavy atom. The second-order valence-corrected chi connectivity index (χ2v) is 7.12. The Bertz CT molecular complexity index is 699. The summed E-state index contributed by atoms with van der Waals surface area (Å²) >= 11 is 1.65. The largest absolute Gasteiger partial charge is 0.378 e. The third-order valence-electron chi connectivity index (χ3n) is 4.64. The van der Waals surface area contributed by atoms with Gasteiger partial charge in [-0.2, -0.15) is 5.10 Å². The summed E-state index contributed by atoms with van der Waals surface area (Å²) in [6, 6.07) is -0.0815. The van der Waals surface area contributed by atoms with Crippen molar-refractivity contribution < 1.29 is 9.53 Å². The first kappa shape index (κ1) is 14.9. The fraction of sp³-hybridized carbons (Fsp3) is 0.667. The molecule has 2 aliphatic rings. The van der Waals surface area contributed by atoms with Crippen molar-refractivity contribution in [2.24, 2.45) is 7.05 Å². The quantitative estimate of drug-likeness (QED) is 0.824. The summed E-state index contributed by atoms with van der Waals surface area (Å²) in [6.07, 6.45) is 1.94. The van der Waals surface area contributed by atoms with Crippen molar-refractivity contribution in [3.05, 3.63) is 5.69 Å². The SMILES string of the molecule is Cc1nn(C)c2nc(N3CCCC3C(=O)N3CCOCC3)sc12. The maximum Gasteiger partial charge on any atom is 0.245 e. The molecule has 0 aliphatic carbocycles. The van der Waals surface area contributed by atoms with Crippen LogP contribution < -0.4 is 4.90 Å². The van der Waals surface area contributed by atoms with Crippen LogP contribution >= 0.6 is 11.3 Å². The summed E-state index contributed by atoms with van der Waals surface area (Å²) in [5.74, 6) is 0.222. The van der Waals surface area contributed by atoms with Gasteiger partial charge in [-0.3, -0.25) is 4.79 Å². The zero-order chi connectivity index (χ0) is 16.0. The average molecular weight is 335 g/mol. The van der Waals surface area contributed by atoms with Crippen LogP contribution in [0.15, 0.2) is 0 Å². The molecule has 1 atom stereocenters. The molecule has 0 saturated carbocycles. The number of hydrogen-bond acceptors (Lipinski definition) is 6. The molecule has 0 aromatic carbocycles. The van der Waals surface area contributed by atoms with Gasteiger partial charge in [0, 0.05) is 26.7 Å². The van der Waals surface area contributed by atoms with Gasteiger partial charge in [-0.25, -0.2) is 9.67 Å². The van der Waals surface area contributed by atoms with Gasteiger partial charge >= 0.3 is 0 Å². The van der Waals surface area contributed by atoms with Gasteiger partial charge in [0.25, 0.3) is 0 Å². The molecular formula is C15H21N5O2S. The van der Waals surface area contributed by atoms with Gasteiger partial charge in [-0.15, -0.1) is 0 Å². The zero-order valence-electron chi connectivity index (χ0n) is 13.5. The highest BCUT2D eigenvalue weighted by Crippen LogP contribution is 2.35. The topological polar surface area (TPSA) is 63.5 Å². The van der Waals surface area contributed by atoms with E-state index in [0.717, 1.165) is 40.6 Å². The lowest BCUT2D eigenvalue weighted by molar-refractivity contribution is -0.136. The molecule has 0 spiro atoms. The van der Waals surface area contributed by atoms with Crippen LogP contribution in [0.3, 0.4) is 0 Å². The predicted molar refractivity (Wildman–Crippen MR) is 88.9 cm³/mol. The number of aromatic nitrogens is 3. The lowest BCUT2D eigenvalue weighted by Crippen LogP contribution is -2.49. The molecule has 0 radical (unpaired) electrons. The maximum absolute atomic E-state index is 12.9. The van der Waals surface area contributed by atoms with Gasteiger partial charge in [0.1, 0.15) is 6.04 Å². The van der Waals surface area contributed by atoms with Gasteiger partial charge in [0.15, 0.2) is 10.8 Å². The van der Waals surface area contributed by atoms with Crippen LogP contribution in [0.25, 0.3) is 10.3 Å². The van der Waals surface area contributed by atoms with Crippen LogP contribution in [-0.2, 0) is 16.6 Å². The monoisotopic (exact) mass is 335 g/mol. The van der Waals surface area contributed by atoms with Crippen molar-refractivity contribution in [2.45, 2.75) is 25.8 Å². The van der Waals surface area contributed by atoms with Crippen molar-refractivity contribution >= 4 is 32.7 Å². The van der Waals surface area contributed by atoms with Crippen LogP contribution in [-0.4, -0.2) is 64.5 Å². The van der Waals surface area contributed by atoms with Crippen LogP contribution in [0.2, 0.25) is 0 Å². The Hall–Kier alpha value is -1.67. The molecule has 2 saturated heterocycles. The normalized spacial score (nSPS) is 22.3. The summed E-state index contributed by atoms with van der Waals surface area (Å²) in [5.41, 5.74) is 1.91. The van der Waals surface area contributed by atoms with E-state index in [9.17, 15) is 4.79 Å². The summed E-state index contributed by atoms with van der Waals surface area (Å²) in [5, 5.41) is 5.35. The number of thiazole rings is 1. The molecule has 2 aliphatic heterocycles. The number of morpholine rings is 1. The molecule has 7 nitrogen and oxygen atoms in total. The molecule has 0 bridgehead atoms. The smallest absolute Gasteiger partial charge is 0.245 e. The van der Waals surface area contributed by atoms with Crippen molar-refractivity contribution in [3.63, 3.8) is 0 Å². The first-order valence-corrected chi connectivity index (χ1v) is 8.90. The number of carbonyl (C=O) groups excluding carboxylic acids is 1. The van der Waals surface area contributed by atoms with Gasteiger partial charge in [-0.05, 0) is 19.8 Å². The van der Waals surface area contributed by atoms with Crippen LogP contribution in [0.4, 0.5) is 5.13 Å². The van der Waals surface area contributed by atoms with Crippen LogP contribution in [0.5, 0.6) is 0 Å². The zero-order valence-corrected chi connectivity index (χ0v) is 14.3. The number of ether oxygens (including phenoxy) is 1. The molecule has 1 unspecified atom stereocenters. The van der Waals surface area contributed by atoms with Gasteiger partial charge < -0.3 is 14.5 Å². The minimum absolute atomic E-state index is 0.0815. The molecule has 23 heavy (non-hydrogen) atoms. The number of rotatable bonds is 2. The maximum atomic E-state index is 12.9. The third kappa shape index (κ3) is 2.49. The highest BCUT2D eigenvalue weighted by Gasteiger charge is 2.36. The van der Waals surface area contributed by atoms with Crippen molar-refractivity contribution in [1.29, 1.82) is 0 Å². The molecule has 1 amide bonds. The van der Waals surface area contributed by atoms with E-state index in [-0.39, 0.29) is 11.9 Å². The second-order valence-electron chi connectivity index (χ2n) is 6.15. The first-order chi connectivity index (χ1) is 11.1. The second kappa shape index (κ2) is 5.76. The van der Waals surface area contributed by atoms with E-state index >= 15 is 0 Å². The Balaban J connectivity index is 1.61. The minimum Gasteiger partial charge on any atom is -0.378 e. The average Bonchev–Trinajstić information content (AvgIpc) is 3.25. The number of carbonyl (C=O) groups is 1. The van der Waals surface area contributed by atoms with Crippen molar-refractivity contribution in [1.82, 2.24) is 19.7 Å². The third-order valence-corrected chi connectivity index (χ3v) is 5.83. The minimum atomic E-state index is -0.0815. The van der Waals surface area contributed by atoms with Gasteiger partial charge in [0.05, 0.1) is 23.6 Å². The first-order valence-electron chi connectivity index (χ1n) is 8.08. The molecule has 8 heteroatoms. The highest BCUT2D eigenvalue weighted by atomic mass is 32.1. The molecule has 2 fully saturated rings. The van der Waals surface area contributed by atoms with Gasteiger partial charge in [0.2, 0.25) is 5.91 Å². The number of anilines is 1. The lowest BCUT2D eigenvalue weighted by atomic mass is 10.2. The predicted octanol–water partition coefficient (Wildman–Crippen LogP) is 1.17. The highest BCUT2D eigenvalue weighted by molar-refractivity contribution is 7.22. The van der Waals surface area contributed by atoms with E-state index in [1.807, 2.05) is 23.6 Å². The van der Waals surface area contributed by atoms with Crippen LogP contribution in [0.1, 0.15) is 18.5 Å². The van der Waals surface area contributed by atoms with Crippen molar-refractivity contribution in [3.8, 4) is 0 Å². The molecule has 2 aromatic heterocycles. The Morgan fingerprint density at radius 3 is 2.83 bits per heavy atom. The van der Waals surface area contributed by atoms with E-state index in [1.54, 1.807) is 11.3 Å². The number of amides is 1. The number of nitrogens with zero attached hydrogens (tertiary/aromatic N) is 5.